The van der Waals surface area contributed by atoms with Gasteiger partial charge in [-0.05, 0) is 6.07 Å². The van der Waals surface area contributed by atoms with E-state index in [9.17, 15) is 4.79 Å². The van der Waals surface area contributed by atoms with Gasteiger partial charge in [-0.3, -0.25) is 9.89 Å². The lowest BCUT2D eigenvalue weighted by Gasteiger charge is -1.68. The van der Waals surface area contributed by atoms with Crippen molar-refractivity contribution in [1.29, 1.82) is 0 Å². The minimum absolute atomic E-state index is 0.311. The number of aromatic amines is 1. The van der Waals surface area contributed by atoms with E-state index in [0.717, 1.165) is 0 Å². The molecule has 0 saturated carbocycles. The van der Waals surface area contributed by atoms with Crippen LogP contribution in [0.3, 0.4) is 0 Å². The third-order valence-electron chi connectivity index (χ3n) is 1.27. The van der Waals surface area contributed by atoms with Gasteiger partial charge in [0, 0.05) is 6.07 Å². The normalized spacial score (nSPS) is 10.2. The maximum Gasteiger partial charge on any atom is 0.271 e. The minimum Gasteiger partial charge on any atom is -0.267 e. The molecule has 0 atom stereocenters. The quantitative estimate of drug-likeness (QED) is 0.557. The van der Waals surface area contributed by atoms with Gasteiger partial charge in [0.15, 0.2) is 0 Å². The van der Waals surface area contributed by atoms with Crippen molar-refractivity contribution in [3.63, 3.8) is 0 Å². The lowest BCUT2D eigenvalue weighted by Crippen LogP contribution is -1.98. The zero-order valence-corrected chi connectivity index (χ0v) is 5.48. The van der Waals surface area contributed by atoms with Crippen LogP contribution in [0.5, 0.6) is 0 Å². The van der Waals surface area contributed by atoms with Crippen molar-refractivity contribution in [2.75, 3.05) is 0 Å². The molecule has 2 heterocycles. The van der Waals surface area contributed by atoms with Gasteiger partial charge in [-0.1, -0.05) is 11.3 Å². The molecule has 1 N–H and O–H groups in total. The van der Waals surface area contributed by atoms with E-state index in [1.165, 1.54) is 6.07 Å². The lowest BCUT2D eigenvalue weighted by molar-refractivity contribution is 0.952. The Bertz CT molecular complexity index is 436. The zero-order chi connectivity index (χ0) is 7.68. The molecule has 2 aromatic rings. The molecule has 11 heavy (non-hydrogen) atoms. The number of fused-ring (bicyclic) bond motifs is 1. The molecule has 0 spiro atoms. The first-order valence-electron chi connectivity index (χ1n) is 3.04. The Hall–Kier alpha value is -1.78. The molecule has 5 nitrogen and oxygen atoms in total. The number of nitrogens with zero attached hydrogens (tertiary/aromatic N) is 3. The van der Waals surface area contributed by atoms with Crippen molar-refractivity contribution in [2.24, 2.45) is 0 Å². The highest BCUT2D eigenvalue weighted by atomic mass is 16.1. The summed E-state index contributed by atoms with van der Waals surface area (Å²) < 4.78 is 0. The maximum absolute atomic E-state index is 10.8. The second-order valence-electron chi connectivity index (χ2n) is 2.02. The van der Waals surface area contributed by atoms with Crippen LogP contribution in [0.1, 0.15) is 0 Å². The van der Waals surface area contributed by atoms with Gasteiger partial charge >= 0.3 is 0 Å². The molecule has 0 unspecified atom stereocenters. The predicted octanol–water partition coefficient (Wildman–Crippen LogP) is -0.287. The third-order valence-corrected chi connectivity index (χ3v) is 1.27. The van der Waals surface area contributed by atoms with E-state index in [1.807, 2.05) is 0 Å². The zero-order valence-electron chi connectivity index (χ0n) is 5.48. The molecule has 2 aromatic heterocycles. The van der Waals surface area contributed by atoms with Gasteiger partial charge in [-0.25, -0.2) is 0 Å². The Morgan fingerprint density at radius 3 is 3.18 bits per heavy atom. The Morgan fingerprint density at radius 2 is 2.27 bits per heavy atom. The van der Waals surface area contributed by atoms with Gasteiger partial charge in [0.25, 0.3) is 5.56 Å². The summed E-state index contributed by atoms with van der Waals surface area (Å²) in [7, 11) is 0. The molecule has 0 aromatic carbocycles. The summed E-state index contributed by atoms with van der Waals surface area (Å²) in [5.74, 6) is 0. The number of H-pyrrole nitrogens is 1. The standard InChI is InChI=1S/C6H4N4O/c11-5-3-1-2-4-6(7-5)9-10-8-4/h1-3H,(H,7,8,9,11). The van der Waals surface area contributed by atoms with Gasteiger partial charge in [-0.15, -0.1) is 5.10 Å². The highest BCUT2D eigenvalue weighted by molar-refractivity contribution is 5.67. The third kappa shape index (κ3) is 0.958. The molecule has 0 amide bonds. The van der Waals surface area contributed by atoms with Crippen LogP contribution in [-0.2, 0) is 0 Å². The first kappa shape index (κ1) is 5.96. The summed E-state index contributed by atoms with van der Waals surface area (Å²) in [4.78, 5) is 14.4. The summed E-state index contributed by atoms with van der Waals surface area (Å²) >= 11 is 0. The van der Waals surface area contributed by atoms with Crippen molar-refractivity contribution in [2.45, 2.75) is 0 Å². The van der Waals surface area contributed by atoms with E-state index in [-0.39, 0.29) is 5.56 Å². The van der Waals surface area contributed by atoms with Crippen molar-refractivity contribution >= 4 is 11.2 Å². The first-order chi connectivity index (χ1) is 5.36. The highest BCUT2D eigenvalue weighted by Crippen LogP contribution is 1.96. The molecular formula is C6H4N4O. The molecule has 2 rings (SSSR count). The van der Waals surface area contributed by atoms with E-state index >= 15 is 0 Å². The minimum atomic E-state index is -0.311. The highest BCUT2D eigenvalue weighted by Gasteiger charge is 1.94. The monoisotopic (exact) mass is 148 g/mol. The van der Waals surface area contributed by atoms with Crippen LogP contribution in [-0.4, -0.2) is 20.4 Å². The molecule has 54 valence electrons. The molecule has 0 bridgehead atoms. The van der Waals surface area contributed by atoms with Crippen LogP contribution in [0.15, 0.2) is 23.0 Å². The van der Waals surface area contributed by atoms with E-state index in [4.69, 9.17) is 0 Å². The number of nitrogens with one attached hydrogen (secondary N) is 1. The Labute approximate surface area is 61.1 Å². The van der Waals surface area contributed by atoms with E-state index in [0.29, 0.717) is 11.2 Å². The molecular weight excluding hydrogens is 144 g/mol. The van der Waals surface area contributed by atoms with Crippen LogP contribution in [0, 0.1) is 0 Å². The number of rotatable bonds is 0. The molecule has 0 aliphatic heterocycles. The number of hydrogen-bond donors (Lipinski definition) is 1. The molecule has 0 fully saturated rings. The van der Waals surface area contributed by atoms with Crippen LogP contribution in [0.2, 0.25) is 0 Å². The fraction of sp³-hybridized carbons (Fsp3) is 0. The SMILES string of the molecule is O=c1cccc2[nH]nnc2n1. The summed E-state index contributed by atoms with van der Waals surface area (Å²) in [6, 6.07) is 4.68. The fourth-order valence-corrected chi connectivity index (χ4v) is 0.793. The van der Waals surface area contributed by atoms with Crippen LogP contribution >= 0.6 is 0 Å². The van der Waals surface area contributed by atoms with Gasteiger partial charge in [0.1, 0.15) is 5.52 Å². The Kier molecular flexibility index (Phi) is 1.15. The van der Waals surface area contributed by atoms with E-state index in [1.54, 1.807) is 12.1 Å². The molecule has 0 aliphatic carbocycles. The second kappa shape index (κ2) is 2.12. The van der Waals surface area contributed by atoms with Crippen molar-refractivity contribution in [3.8, 4) is 0 Å². The Morgan fingerprint density at radius 1 is 1.36 bits per heavy atom. The summed E-state index contributed by atoms with van der Waals surface area (Å²) in [6.07, 6.45) is 0. The predicted molar refractivity (Wildman–Crippen MR) is 38.0 cm³/mol. The summed E-state index contributed by atoms with van der Waals surface area (Å²) in [6.45, 7) is 0. The largest absolute Gasteiger partial charge is 0.271 e. The molecule has 0 radical (unpaired) electrons. The number of hydrogen-bond acceptors (Lipinski definition) is 4. The summed E-state index contributed by atoms with van der Waals surface area (Å²) in [5.41, 5.74) is 0.695. The van der Waals surface area contributed by atoms with Gasteiger partial charge in [0.2, 0.25) is 5.65 Å². The maximum atomic E-state index is 10.8. The molecule has 0 aliphatic rings. The van der Waals surface area contributed by atoms with Crippen molar-refractivity contribution in [1.82, 2.24) is 20.4 Å². The van der Waals surface area contributed by atoms with Crippen LogP contribution in [0.4, 0.5) is 0 Å². The van der Waals surface area contributed by atoms with Crippen molar-refractivity contribution in [3.05, 3.63) is 28.6 Å². The smallest absolute Gasteiger partial charge is 0.267 e. The van der Waals surface area contributed by atoms with Crippen molar-refractivity contribution < 1.29 is 0 Å². The topological polar surface area (TPSA) is 71.5 Å². The summed E-state index contributed by atoms with van der Waals surface area (Å²) in [5, 5.41) is 9.70. The molecule has 5 heteroatoms. The lowest BCUT2D eigenvalue weighted by atomic mass is 10.5. The molecule has 0 saturated heterocycles. The average Bonchev–Trinajstić information content (AvgIpc) is 2.31. The number of aromatic nitrogens is 4. The fourth-order valence-electron chi connectivity index (χ4n) is 0.793. The Balaban J connectivity index is 3.00. The second-order valence-corrected chi connectivity index (χ2v) is 2.02. The average molecular weight is 148 g/mol. The van der Waals surface area contributed by atoms with Gasteiger partial charge in [0.05, 0.1) is 0 Å². The van der Waals surface area contributed by atoms with Crippen LogP contribution < -0.4 is 5.56 Å². The van der Waals surface area contributed by atoms with Gasteiger partial charge in [-0.2, -0.15) is 4.98 Å². The van der Waals surface area contributed by atoms with Gasteiger partial charge < -0.3 is 0 Å². The van der Waals surface area contributed by atoms with E-state index in [2.05, 4.69) is 20.4 Å². The van der Waals surface area contributed by atoms with Crippen LogP contribution in [0.25, 0.3) is 11.2 Å². The van der Waals surface area contributed by atoms with E-state index < -0.39 is 0 Å². The first-order valence-corrected chi connectivity index (χ1v) is 3.04.